The van der Waals surface area contributed by atoms with E-state index in [2.05, 4.69) is 0 Å². The Morgan fingerprint density at radius 1 is 0.464 bits per heavy atom. The van der Waals surface area contributed by atoms with Crippen molar-refractivity contribution in [3.05, 3.63) is 0 Å². The molecule has 1 aliphatic carbocycles. The van der Waals surface area contributed by atoms with Crippen molar-refractivity contribution < 1.29 is 19.2 Å². The molecule has 0 unspecified atom stereocenters. The van der Waals surface area contributed by atoms with Crippen LogP contribution in [0, 0.1) is 10.8 Å². The van der Waals surface area contributed by atoms with E-state index in [4.69, 9.17) is 22.9 Å². The first-order valence-corrected chi connectivity index (χ1v) is 10.2. The van der Waals surface area contributed by atoms with Crippen molar-refractivity contribution in [3.8, 4) is 0 Å². The average molecular weight is 397 g/mol. The maximum atomic E-state index is 11.8. The van der Waals surface area contributed by atoms with Gasteiger partial charge in [0.25, 0.3) is 0 Å². The molecule has 0 bridgehead atoms. The molecule has 0 aromatic heterocycles. The van der Waals surface area contributed by atoms with Crippen LogP contribution in [0.1, 0.15) is 89.9 Å². The molecule has 0 spiro atoms. The first-order valence-electron chi connectivity index (χ1n) is 10.2. The number of primary amides is 4. The summed E-state index contributed by atoms with van der Waals surface area (Å²) in [4.78, 5) is 47.1. The number of carbonyl (C=O) groups excluding carboxylic acids is 4. The molecule has 0 aliphatic heterocycles. The van der Waals surface area contributed by atoms with E-state index in [0.29, 0.717) is 25.7 Å². The Labute approximate surface area is 167 Å². The summed E-state index contributed by atoms with van der Waals surface area (Å²) in [6.07, 6.45) is 8.38. The van der Waals surface area contributed by atoms with Crippen LogP contribution in [0.15, 0.2) is 0 Å². The Kier molecular flexibility index (Phi) is 9.41. The van der Waals surface area contributed by atoms with Gasteiger partial charge in [-0.3, -0.25) is 19.2 Å². The van der Waals surface area contributed by atoms with Crippen molar-refractivity contribution in [1.82, 2.24) is 0 Å². The summed E-state index contributed by atoms with van der Waals surface area (Å²) in [5.41, 5.74) is 20.6. The fourth-order valence-corrected chi connectivity index (χ4v) is 4.80. The topological polar surface area (TPSA) is 172 Å². The third-order valence-corrected chi connectivity index (χ3v) is 6.05. The molecule has 8 N–H and O–H groups in total. The van der Waals surface area contributed by atoms with Gasteiger partial charge in [-0.15, -0.1) is 0 Å². The summed E-state index contributed by atoms with van der Waals surface area (Å²) in [6.45, 7) is 0. The monoisotopic (exact) mass is 396 g/mol. The summed E-state index contributed by atoms with van der Waals surface area (Å²) in [7, 11) is 0. The van der Waals surface area contributed by atoms with Gasteiger partial charge in [0.1, 0.15) is 0 Å². The third-order valence-electron chi connectivity index (χ3n) is 6.05. The molecule has 0 heterocycles. The van der Waals surface area contributed by atoms with Gasteiger partial charge in [-0.1, -0.05) is 38.5 Å². The highest BCUT2D eigenvalue weighted by molar-refractivity contribution is 5.79. The Bertz CT molecular complexity index is 495. The first kappa shape index (κ1) is 23.9. The quantitative estimate of drug-likeness (QED) is 0.485. The van der Waals surface area contributed by atoms with Crippen LogP contribution in [0.3, 0.4) is 0 Å². The zero-order chi connectivity index (χ0) is 21.2. The molecule has 160 valence electrons. The molecule has 1 fully saturated rings. The normalized spacial score (nSPS) is 20.3. The molecule has 1 rings (SSSR count). The summed E-state index contributed by atoms with van der Waals surface area (Å²) < 4.78 is 0. The predicted molar refractivity (Wildman–Crippen MR) is 106 cm³/mol. The second-order valence-electron chi connectivity index (χ2n) is 8.69. The zero-order valence-electron chi connectivity index (χ0n) is 16.8. The van der Waals surface area contributed by atoms with Crippen LogP contribution in [0.5, 0.6) is 0 Å². The number of amides is 4. The minimum atomic E-state index is -0.655. The van der Waals surface area contributed by atoms with Crippen LogP contribution in [-0.4, -0.2) is 23.6 Å². The van der Waals surface area contributed by atoms with Crippen LogP contribution in [0.25, 0.3) is 0 Å². The predicted octanol–water partition coefficient (Wildman–Crippen LogP) is 1.38. The first-order chi connectivity index (χ1) is 13.1. The second kappa shape index (κ2) is 11.0. The number of carbonyl (C=O) groups is 4. The fourth-order valence-electron chi connectivity index (χ4n) is 4.80. The van der Waals surface area contributed by atoms with E-state index in [1.54, 1.807) is 0 Å². The highest BCUT2D eigenvalue weighted by atomic mass is 16.2. The largest absolute Gasteiger partial charge is 0.370 e. The zero-order valence-corrected chi connectivity index (χ0v) is 16.8. The van der Waals surface area contributed by atoms with Gasteiger partial charge >= 0.3 is 0 Å². The molecule has 0 saturated heterocycles. The van der Waals surface area contributed by atoms with E-state index in [0.717, 1.165) is 38.5 Å². The van der Waals surface area contributed by atoms with Gasteiger partial charge in [-0.2, -0.15) is 0 Å². The second-order valence-corrected chi connectivity index (χ2v) is 8.69. The highest BCUT2D eigenvalue weighted by Gasteiger charge is 2.39. The van der Waals surface area contributed by atoms with E-state index < -0.39 is 34.5 Å². The molecular weight excluding hydrogens is 360 g/mol. The van der Waals surface area contributed by atoms with Crippen molar-refractivity contribution in [2.24, 2.45) is 33.8 Å². The Morgan fingerprint density at radius 2 is 0.714 bits per heavy atom. The summed E-state index contributed by atoms with van der Waals surface area (Å²) in [5, 5.41) is 0. The van der Waals surface area contributed by atoms with E-state index in [9.17, 15) is 19.2 Å². The van der Waals surface area contributed by atoms with Gasteiger partial charge in [0, 0.05) is 25.7 Å². The van der Waals surface area contributed by atoms with E-state index in [1.165, 1.54) is 0 Å². The van der Waals surface area contributed by atoms with Gasteiger partial charge in [0.15, 0.2) is 0 Å². The van der Waals surface area contributed by atoms with Crippen LogP contribution in [-0.2, 0) is 19.2 Å². The Morgan fingerprint density at radius 3 is 0.964 bits per heavy atom. The SMILES string of the molecule is NC(=O)CC1(CC(N)=O)CCCCCCCCC(CC(N)=O)(CC(N)=O)CC1. The summed E-state index contributed by atoms with van der Waals surface area (Å²) >= 11 is 0. The summed E-state index contributed by atoms with van der Waals surface area (Å²) in [6, 6.07) is 0. The fraction of sp³-hybridized carbons (Fsp3) is 0.800. The lowest BCUT2D eigenvalue weighted by Crippen LogP contribution is -2.37. The lowest BCUT2D eigenvalue weighted by atomic mass is 9.65. The third kappa shape index (κ3) is 8.71. The Hall–Kier alpha value is -2.12. The maximum absolute atomic E-state index is 11.8. The van der Waals surface area contributed by atoms with Gasteiger partial charge in [-0.05, 0) is 36.5 Å². The molecule has 1 saturated carbocycles. The minimum Gasteiger partial charge on any atom is -0.370 e. The van der Waals surface area contributed by atoms with Crippen molar-refractivity contribution in [1.29, 1.82) is 0 Å². The number of rotatable bonds is 8. The minimum absolute atomic E-state index is 0.0547. The van der Waals surface area contributed by atoms with Crippen molar-refractivity contribution >= 4 is 23.6 Å². The van der Waals surface area contributed by atoms with E-state index in [-0.39, 0.29) is 25.7 Å². The maximum Gasteiger partial charge on any atom is 0.217 e. The molecule has 8 heteroatoms. The molecule has 0 aromatic rings. The number of hydrogen-bond donors (Lipinski definition) is 4. The Balaban J connectivity index is 3.23. The van der Waals surface area contributed by atoms with E-state index in [1.807, 2.05) is 0 Å². The molecular formula is C20H36N4O4. The van der Waals surface area contributed by atoms with Gasteiger partial charge < -0.3 is 22.9 Å². The van der Waals surface area contributed by atoms with Crippen LogP contribution < -0.4 is 22.9 Å². The highest BCUT2D eigenvalue weighted by Crippen LogP contribution is 2.46. The van der Waals surface area contributed by atoms with E-state index >= 15 is 0 Å². The van der Waals surface area contributed by atoms with Crippen LogP contribution in [0.2, 0.25) is 0 Å². The van der Waals surface area contributed by atoms with Crippen molar-refractivity contribution in [3.63, 3.8) is 0 Å². The molecule has 1 aliphatic rings. The molecule has 4 amide bonds. The summed E-state index contributed by atoms with van der Waals surface area (Å²) in [5.74, 6) is -1.93. The van der Waals surface area contributed by atoms with Gasteiger partial charge in [-0.25, -0.2) is 0 Å². The van der Waals surface area contributed by atoms with Gasteiger partial charge in [0.2, 0.25) is 23.6 Å². The standard InChI is InChI=1S/C20H36N4O4/c21-15(25)11-19(12-16(22)26)7-5-3-1-2-4-6-8-20(10-9-19,13-17(23)27)14-18(24)28/h1-14H2,(H2,21,25)(H2,22,26)(H2,23,27)(H2,24,28). The smallest absolute Gasteiger partial charge is 0.217 e. The molecule has 8 nitrogen and oxygen atoms in total. The molecule has 0 atom stereocenters. The molecule has 28 heavy (non-hydrogen) atoms. The van der Waals surface area contributed by atoms with Crippen LogP contribution >= 0.6 is 0 Å². The van der Waals surface area contributed by atoms with Crippen LogP contribution in [0.4, 0.5) is 0 Å². The van der Waals surface area contributed by atoms with Gasteiger partial charge in [0.05, 0.1) is 0 Å². The lowest BCUT2D eigenvalue weighted by molar-refractivity contribution is -0.128. The number of nitrogens with two attached hydrogens (primary N) is 4. The average Bonchev–Trinajstić information content (AvgIpc) is 2.52. The molecule has 0 aromatic carbocycles. The lowest BCUT2D eigenvalue weighted by Gasteiger charge is -2.39. The van der Waals surface area contributed by atoms with Crippen molar-refractivity contribution in [2.45, 2.75) is 89.9 Å². The van der Waals surface area contributed by atoms with Crippen molar-refractivity contribution in [2.75, 3.05) is 0 Å². The number of hydrogen-bond acceptors (Lipinski definition) is 4. The molecule has 0 radical (unpaired) electrons.